The van der Waals surface area contributed by atoms with Crippen molar-refractivity contribution in [2.24, 2.45) is 0 Å². The number of carbonyl (C=O) groups is 1. The number of aromatic nitrogens is 1. The highest BCUT2D eigenvalue weighted by molar-refractivity contribution is 7.13. The van der Waals surface area contributed by atoms with Crippen molar-refractivity contribution in [1.82, 2.24) is 4.98 Å². The van der Waals surface area contributed by atoms with Crippen molar-refractivity contribution in [1.29, 1.82) is 0 Å². The molecule has 2 N–H and O–H groups in total. The SMILES string of the molecule is COc1cccc(N[C@H](C)C(=O)Nc2nc(C)cs2)c1. The highest BCUT2D eigenvalue weighted by atomic mass is 32.1. The van der Waals surface area contributed by atoms with Crippen molar-refractivity contribution >= 4 is 28.1 Å². The zero-order valence-corrected chi connectivity index (χ0v) is 12.5. The molecule has 0 aliphatic rings. The van der Waals surface area contributed by atoms with Crippen molar-refractivity contribution in [2.45, 2.75) is 19.9 Å². The Morgan fingerprint density at radius 1 is 1.45 bits per heavy atom. The van der Waals surface area contributed by atoms with E-state index in [4.69, 9.17) is 4.74 Å². The summed E-state index contributed by atoms with van der Waals surface area (Å²) in [6, 6.07) is 7.09. The Morgan fingerprint density at radius 3 is 2.90 bits per heavy atom. The van der Waals surface area contributed by atoms with Crippen LogP contribution >= 0.6 is 11.3 Å². The van der Waals surface area contributed by atoms with E-state index in [1.807, 2.05) is 36.6 Å². The minimum absolute atomic E-state index is 0.123. The van der Waals surface area contributed by atoms with Gasteiger partial charge in [0.2, 0.25) is 5.91 Å². The van der Waals surface area contributed by atoms with Crippen LogP contribution in [-0.4, -0.2) is 24.0 Å². The maximum Gasteiger partial charge on any atom is 0.248 e. The number of ether oxygens (including phenoxy) is 1. The first-order valence-corrected chi connectivity index (χ1v) is 7.10. The van der Waals surface area contributed by atoms with Crippen LogP contribution in [0, 0.1) is 6.92 Å². The van der Waals surface area contributed by atoms with E-state index in [2.05, 4.69) is 15.6 Å². The van der Waals surface area contributed by atoms with E-state index in [0.29, 0.717) is 5.13 Å². The van der Waals surface area contributed by atoms with Gasteiger partial charge < -0.3 is 15.4 Å². The molecule has 0 saturated carbocycles. The van der Waals surface area contributed by atoms with Gasteiger partial charge in [-0.15, -0.1) is 11.3 Å². The molecule has 1 heterocycles. The molecule has 6 heteroatoms. The highest BCUT2D eigenvalue weighted by Gasteiger charge is 2.14. The maximum atomic E-state index is 12.0. The molecule has 0 aliphatic carbocycles. The number of thiazole rings is 1. The van der Waals surface area contributed by atoms with Crippen molar-refractivity contribution in [3.63, 3.8) is 0 Å². The second kappa shape index (κ2) is 6.38. The van der Waals surface area contributed by atoms with E-state index in [0.717, 1.165) is 17.1 Å². The summed E-state index contributed by atoms with van der Waals surface area (Å²) in [4.78, 5) is 16.2. The number of hydrogen-bond donors (Lipinski definition) is 2. The average Bonchev–Trinajstić information content (AvgIpc) is 2.84. The smallest absolute Gasteiger partial charge is 0.248 e. The summed E-state index contributed by atoms with van der Waals surface area (Å²) in [6.45, 7) is 3.69. The molecule has 20 heavy (non-hydrogen) atoms. The molecule has 1 aromatic carbocycles. The third-order valence-electron chi connectivity index (χ3n) is 2.70. The Labute approximate surface area is 122 Å². The summed E-state index contributed by atoms with van der Waals surface area (Å²) in [5.41, 5.74) is 1.74. The molecule has 1 aromatic heterocycles. The second-order valence-electron chi connectivity index (χ2n) is 4.38. The second-order valence-corrected chi connectivity index (χ2v) is 5.24. The summed E-state index contributed by atoms with van der Waals surface area (Å²) in [5, 5.41) is 8.43. The predicted octanol–water partition coefficient (Wildman–Crippen LogP) is 2.90. The van der Waals surface area contributed by atoms with E-state index in [9.17, 15) is 4.79 Å². The van der Waals surface area contributed by atoms with Gasteiger partial charge in [-0.2, -0.15) is 0 Å². The highest BCUT2D eigenvalue weighted by Crippen LogP contribution is 2.18. The third-order valence-corrected chi connectivity index (χ3v) is 3.57. The van der Waals surface area contributed by atoms with Crippen LogP contribution in [0.5, 0.6) is 5.75 Å². The Morgan fingerprint density at radius 2 is 2.25 bits per heavy atom. The van der Waals surface area contributed by atoms with E-state index >= 15 is 0 Å². The van der Waals surface area contributed by atoms with Crippen LogP contribution in [0.25, 0.3) is 0 Å². The first-order valence-electron chi connectivity index (χ1n) is 6.22. The van der Waals surface area contributed by atoms with Gasteiger partial charge in [0, 0.05) is 17.1 Å². The monoisotopic (exact) mass is 291 g/mol. The average molecular weight is 291 g/mol. The fourth-order valence-electron chi connectivity index (χ4n) is 1.65. The number of methoxy groups -OCH3 is 1. The summed E-state index contributed by atoms with van der Waals surface area (Å²) in [5.74, 6) is 0.625. The number of benzene rings is 1. The normalized spacial score (nSPS) is 11.8. The molecule has 1 atom stereocenters. The zero-order chi connectivity index (χ0) is 14.5. The number of nitrogens with one attached hydrogen (secondary N) is 2. The number of aryl methyl sites for hydroxylation is 1. The zero-order valence-electron chi connectivity index (χ0n) is 11.6. The van der Waals surface area contributed by atoms with Crippen LogP contribution in [0.1, 0.15) is 12.6 Å². The molecule has 0 saturated heterocycles. The van der Waals surface area contributed by atoms with Crippen LogP contribution in [0.2, 0.25) is 0 Å². The van der Waals surface area contributed by atoms with Gasteiger partial charge in [-0.1, -0.05) is 6.07 Å². The molecule has 0 aliphatic heterocycles. The number of nitrogens with zero attached hydrogens (tertiary/aromatic N) is 1. The van der Waals surface area contributed by atoms with Crippen molar-refractivity contribution in [3.8, 4) is 5.75 Å². The largest absolute Gasteiger partial charge is 0.497 e. The predicted molar refractivity (Wildman–Crippen MR) is 81.6 cm³/mol. The molecule has 5 nitrogen and oxygen atoms in total. The van der Waals surface area contributed by atoms with Gasteiger partial charge in [0.25, 0.3) is 0 Å². The maximum absolute atomic E-state index is 12.0. The Kier molecular flexibility index (Phi) is 4.57. The summed E-state index contributed by atoms with van der Waals surface area (Å²) >= 11 is 1.42. The lowest BCUT2D eigenvalue weighted by molar-refractivity contribution is -0.116. The van der Waals surface area contributed by atoms with Gasteiger partial charge in [0.1, 0.15) is 11.8 Å². The van der Waals surface area contributed by atoms with Crippen LogP contribution in [-0.2, 0) is 4.79 Å². The van der Waals surface area contributed by atoms with Crippen LogP contribution < -0.4 is 15.4 Å². The van der Waals surface area contributed by atoms with Gasteiger partial charge in [-0.05, 0) is 26.0 Å². The van der Waals surface area contributed by atoms with Crippen molar-refractivity contribution in [3.05, 3.63) is 35.3 Å². The van der Waals surface area contributed by atoms with Crippen LogP contribution in [0.3, 0.4) is 0 Å². The van der Waals surface area contributed by atoms with E-state index in [1.165, 1.54) is 11.3 Å². The van der Waals surface area contributed by atoms with E-state index in [1.54, 1.807) is 14.0 Å². The summed E-state index contributed by atoms with van der Waals surface area (Å²) in [7, 11) is 1.61. The molecule has 0 bridgehead atoms. The van der Waals surface area contributed by atoms with Crippen LogP contribution in [0.15, 0.2) is 29.6 Å². The Hall–Kier alpha value is -2.08. The van der Waals surface area contributed by atoms with Gasteiger partial charge in [0.05, 0.1) is 12.8 Å². The summed E-state index contributed by atoms with van der Waals surface area (Å²) < 4.78 is 5.15. The molecule has 0 spiro atoms. The number of rotatable bonds is 5. The standard InChI is InChI=1S/C14H17N3O2S/c1-9-8-20-14(15-9)17-13(18)10(2)16-11-5-4-6-12(7-11)19-3/h4-8,10,16H,1-3H3,(H,15,17,18)/t10-/m1/s1. The van der Waals surface area contributed by atoms with E-state index < -0.39 is 0 Å². The van der Waals surface area contributed by atoms with Crippen LogP contribution in [0.4, 0.5) is 10.8 Å². The molecule has 0 unspecified atom stereocenters. The topological polar surface area (TPSA) is 63.2 Å². The number of hydrogen-bond acceptors (Lipinski definition) is 5. The number of anilines is 2. The molecule has 106 valence electrons. The minimum atomic E-state index is -0.369. The molecule has 0 radical (unpaired) electrons. The first kappa shape index (κ1) is 14.3. The van der Waals surface area contributed by atoms with E-state index in [-0.39, 0.29) is 11.9 Å². The van der Waals surface area contributed by atoms with Gasteiger partial charge >= 0.3 is 0 Å². The van der Waals surface area contributed by atoms with Gasteiger partial charge in [-0.25, -0.2) is 4.98 Å². The fourth-order valence-corrected chi connectivity index (χ4v) is 2.34. The van der Waals surface area contributed by atoms with Gasteiger partial charge in [0.15, 0.2) is 5.13 Å². The molecular weight excluding hydrogens is 274 g/mol. The summed E-state index contributed by atoms with van der Waals surface area (Å²) in [6.07, 6.45) is 0. The molecule has 2 rings (SSSR count). The number of amides is 1. The van der Waals surface area contributed by atoms with Crippen molar-refractivity contribution < 1.29 is 9.53 Å². The Bertz CT molecular complexity index is 598. The Balaban J connectivity index is 1.96. The molecule has 0 fully saturated rings. The third kappa shape index (κ3) is 3.71. The van der Waals surface area contributed by atoms with Crippen molar-refractivity contribution in [2.75, 3.05) is 17.7 Å². The first-order chi connectivity index (χ1) is 9.58. The molecule has 2 aromatic rings. The minimum Gasteiger partial charge on any atom is -0.497 e. The number of carbonyl (C=O) groups excluding carboxylic acids is 1. The molecule has 1 amide bonds. The lowest BCUT2D eigenvalue weighted by atomic mass is 10.2. The quantitative estimate of drug-likeness (QED) is 0.889. The lowest BCUT2D eigenvalue weighted by Crippen LogP contribution is -2.31. The fraction of sp³-hybridized carbons (Fsp3) is 0.286. The lowest BCUT2D eigenvalue weighted by Gasteiger charge is -2.14. The van der Waals surface area contributed by atoms with Gasteiger partial charge in [-0.3, -0.25) is 4.79 Å². The molecular formula is C14H17N3O2S.